The summed E-state index contributed by atoms with van der Waals surface area (Å²) in [5, 5.41) is 8.72. The SMILES string of the molecule is Cn1cnc(-c2nnc3n2CCN(CCCc2ccncc2)C3)c1. The Morgan fingerprint density at radius 1 is 1.12 bits per heavy atom. The molecule has 0 amide bonds. The lowest BCUT2D eigenvalue weighted by Gasteiger charge is -2.27. The summed E-state index contributed by atoms with van der Waals surface area (Å²) < 4.78 is 4.13. The number of imidazole rings is 1. The molecule has 4 rings (SSSR count). The van der Waals surface area contributed by atoms with Gasteiger partial charge < -0.3 is 9.13 Å². The summed E-state index contributed by atoms with van der Waals surface area (Å²) in [6.45, 7) is 3.88. The fourth-order valence-electron chi connectivity index (χ4n) is 3.17. The molecule has 0 radical (unpaired) electrons. The molecule has 1 aliphatic heterocycles. The molecule has 124 valence electrons. The van der Waals surface area contributed by atoms with Crippen molar-refractivity contribution >= 4 is 0 Å². The number of rotatable bonds is 5. The summed E-state index contributed by atoms with van der Waals surface area (Å²) in [7, 11) is 1.97. The van der Waals surface area contributed by atoms with Crippen molar-refractivity contribution in [1.29, 1.82) is 0 Å². The van der Waals surface area contributed by atoms with E-state index in [1.165, 1.54) is 5.56 Å². The van der Waals surface area contributed by atoms with Crippen molar-refractivity contribution < 1.29 is 0 Å². The van der Waals surface area contributed by atoms with E-state index >= 15 is 0 Å². The van der Waals surface area contributed by atoms with Gasteiger partial charge in [0.1, 0.15) is 11.5 Å². The van der Waals surface area contributed by atoms with Crippen LogP contribution in [-0.2, 0) is 26.6 Å². The Morgan fingerprint density at radius 2 is 2.00 bits per heavy atom. The van der Waals surface area contributed by atoms with Crippen LogP contribution in [0.15, 0.2) is 37.1 Å². The minimum absolute atomic E-state index is 0.857. The van der Waals surface area contributed by atoms with Crippen LogP contribution >= 0.6 is 0 Å². The zero-order valence-electron chi connectivity index (χ0n) is 13.8. The highest BCUT2D eigenvalue weighted by Crippen LogP contribution is 2.20. The topological polar surface area (TPSA) is 64.7 Å². The summed E-state index contributed by atoms with van der Waals surface area (Å²) in [5.74, 6) is 1.91. The molecule has 0 aromatic carbocycles. The third-order valence-corrected chi connectivity index (χ3v) is 4.46. The standard InChI is InChI=1S/C17H21N7/c1-22-11-15(19-13-22)17-21-20-16-12-23(9-10-24(16)17)8-2-3-14-4-6-18-7-5-14/h4-7,11,13H,2-3,8-10,12H2,1H3. The molecule has 4 heterocycles. The van der Waals surface area contributed by atoms with E-state index in [4.69, 9.17) is 0 Å². The summed E-state index contributed by atoms with van der Waals surface area (Å²) >= 11 is 0. The lowest BCUT2D eigenvalue weighted by Crippen LogP contribution is -2.34. The van der Waals surface area contributed by atoms with E-state index in [0.29, 0.717) is 0 Å². The van der Waals surface area contributed by atoms with Gasteiger partial charge in [-0.15, -0.1) is 10.2 Å². The van der Waals surface area contributed by atoms with Gasteiger partial charge in [-0.25, -0.2) is 4.98 Å². The Balaban J connectivity index is 1.37. The first-order valence-electron chi connectivity index (χ1n) is 8.31. The second kappa shape index (κ2) is 6.52. The van der Waals surface area contributed by atoms with Crippen LogP contribution in [0.25, 0.3) is 11.5 Å². The van der Waals surface area contributed by atoms with Gasteiger partial charge in [0.2, 0.25) is 0 Å². The van der Waals surface area contributed by atoms with E-state index < -0.39 is 0 Å². The number of hydrogen-bond donors (Lipinski definition) is 0. The van der Waals surface area contributed by atoms with E-state index in [0.717, 1.165) is 56.4 Å². The quantitative estimate of drug-likeness (QED) is 0.712. The highest BCUT2D eigenvalue weighted by molar-refractivity contribution is 5.48. The van der Waals surface area contributed by atoms with Gasteiger partial charge in [-0.05, 0) is 37.1 Å². The molecular formula is C17H21N7. The first-order valence-corrected chi connectivity index (χ1v) is 8.31. The zero-order valence-corrected chi connectivity index (χ0v) is 13.8. The van der Waals surface area contributed by atoms with Gasteiger partial charge in [-0.1, -0.05) is 0 Å². The van der Waals surface area contributed by atoms with E-state index in [1.807, 2.05) is 30.2 Å². The number of pyridine rings is 1. The summed E-state index contributed by atoms with van der Waals surface area (Å²) in [5.41, 5.74) is 2.24. The monoisotopic (exact) mass is 323 g/mol. The van der Waals surface area contributed by atoms with Crippen LogP contribution in [0.4, 0.5) is 0 Å². The van der Waals surface area contributed by atoms with Crippen LogP contribution in [0, 0.1) is 0 Å². The minimum Gasteiger partial charge on any atom is -0.340 e. The number of aryl methyl sites for hydroxylation is 2. The van der Waals surface area contributed by atoms with Crippen molar-refractivity contribution in [2.75, 3.05) is 13.1 Å². The second-order valence-electron chi connectivity index (χ2n) is 6.25. The summed E-state index contributed by atoms with van der Waals surface area (Å²) in [4.78, 5) is 10.9. The predicted octanol–water partition coefficient (Wildman–Crippen LogP) is 1.52. The molecule has 0 saturated heterocycles. The molecule has 0 N–H and O–H groups in total. The molecule has 1 aliphatic rings. The molecule has 3 aromatic rings. The highest BCUT2D eigenvalue weighted by atomic mass is 15.3. The van der Waals surface area contributed by atoms with Gasteiger partial charge >= 0.3 is 0 Å². The summed E-state index contributed by atoms with van der Waals surface area (Å²) in [6.07, 6.45) is 9.73. The van der Waals surface area contributed by atoms with Crippen molar-refractivity contribution in [3.63, 3.8) is 0 Å². The van der Waals surface area contributed by atoms with Crippen LogP contribution in [0.5, 0.6) is 0 Å². The summed E-state index contributed by atoms with van der Waals surface area (Å²) in [6, 6.07) is 4.18. The van der Waals surface area contributed by atoms with Gasteiger partial charge in [0.25, 0.3) is 0 Å². The average Bonchev–Trinajstić information content (AvgIpc) is 3.21. The maximum absolute atomic E-state index is 4.39. The van der Waals surface area contributed by atoms with Crippen LogP contribution in [0.3, 0.4) is 0 Å². The lowest BCUT2D eigenvalue weighted by atomic mass is 10.1. The van der Waals surface area contributed by atoms with Gasteiger partial charge in [0, 0.05) is 38.7 Å². The average molecular weight is 323 g/mol. The molecule has 3 aromatic heterocycles. The fourth-order valence-corrected chi connectivity index (χ4v) is 3.17. The Morgan fingerprint density at radius 3 is 2.79 bits per heavy atom. The second-order valence-corrected chi connectivity index (χ2v) is 6.25. The third-order valence-electron chi connectivity index (χ3n) is 4.46. The lowest BCUT2D eigenvalue weighted by molar-refractivity contribution is 0.215. The molecule has 7 heteroatoms. The molecular weight excluding hydrogens is 302 g/mol. The van der Waals surface area contributed by atoms with E-state index in [1.54, 1.807) is 6.33 Å². The van der Waals surface area contributed by atoms with Gasteiger partial charge in [0.15, 0.2) is 5.82 Å². The van der Waals surface area contributed by atoms with Gasteiger partial charge in [-0.3, -0.25) is 9.88 Å². The number of nitrogens with zero attached hydrogens (tertiary/aromatic N) is 7. The van der Waals surface area contributed by atoms with E-state index in [9.17, 15) is 0 Å². The third kappa shape index (κ3) is 3.07. The van der Waals surface area contributed by atoms with Crippen molar-refractivity contribution in [2.45, 2.75) is 25.9 Å². The molecule has 0 aliphatic carbocycles. The molecule has 0 unspecified atom stereocenters. The molecule has 0 bridgehead atoms. The Kier molecular flexibility index (Phi) is 4.08. The van der Waals surface area contributed by atoms with Crippen molar-refractivity contribution in [2.24, 2.45) is 7.05 Å². The largest absolute Gasteiger partial charge is 0.340 e. The first-order chi connectivity index (χ1) is 11.8. The molecule has 0 atom stereocenters. The van der Waals surface area contributed by atoms with Crippen molar-refractivity contribution in [3.05, 3.63) is 48.4 Å². The zero-order chi connectivity index (χ0) is 16.4. The van der Waals surface area contributed by atoms with E-state index in [2.05, 4.69) is 41.8 Å². The normalized spacial score (nSPS) is 14.7. The molecule has 0 saturated carbocycles. The Labute approximate surface area is 141 Å². The predicted molar refractivity (Wildman–Crippen MR) is 90.1 cm³/mol. The van der Waals surface area contributed by atoms with Crippen LogP contribution in [-0.4, -0.2) is 47.3 Å². The van der Waals surface area contributed by atoms with Crippen LogP contribution in [0.1, 0.15) is 17.8 Å². The first kappa shape index (κ1) is 15.0. The van der Waals surface area contributed by atoms with Crippen LogP contribution < -0.4 is 0 Å². The van der Waals surface area contributed by atoms with Crippen molar-refractivity contribution in [1.82, 2.24) is 34.2 Å². The van der Waals surface area contributed by atoms with Crippen molar-refractivity contribution in [3.8, 4) is 11.5 Å². The molecule has 0 fully saturated rings. The van der Waals surface area contributed by atoms with E-state index in [-0.39, 0.29) is 0 Å². The number of fused-ring (bicyclic) bond motifs is 1. The minimum atomic E-state index is 0.857. The number of hydrogen-bond acceptors (Lipinski definition) is 5. The van der Waals surface area contributed by atoms with Gasteiger partial charge in [-0.2, -0.15) is 0 Å². The smallest absolute Gasteiger partial charge is 0.184 e. The maximum atomic E-state index is 4.39. The number of aromatic nitrogens is 6. The maximum Gasteiger partial charge on any atom is 0.184 e. The van der Waals surface area contributed by atoms with Gasteiger partial charge in [0.05, 0.1) is 12.9 Å². The molecule has 0 spiro atoms. The fraction of sp³-hybridized carbons (Fsp3) is 0.412. The molecule has 7 nitrogen and oxygen atoms in total. The Bertz CT molecular complexity index is 805. The highest BCUT2D eigenvalue weighted by Gasteiger charge is 2.22. The Hall–Kier alpha value is -2.54. The van der Waals surface area contributed by atoms with Crippen LogP contribution in [0.2, 0.25) is 0 Å². The molecule has 24 heavy (non-hydrogen) atoms.